The van der Waals surface area contributed by atoms with Gasteiger partial charge in [-0.2, -0.15) is 0 Å². The van der Waals surface area contributed by atoms with Gasteiger partial charge < -0.3 is 20.0 Å². The zero-order valence-electron chi connectivity index (χ0n) is 14.1. The number of halogens is 1. The van der Waals surface area contributed by atoms with E-state index in [1.54, 1.807) is 11.8 Å². The van der Waals surface area contributed by atoms with Gasteiger partial charge in [-0.05, 0) is 25.6 Å². The third-order valence-electron chi connectivity index (χ3n) is 4.70. The molecular weight excluding hydrogens is 329 g/mol. The second kappa shape index (κ2) is 6.36. The topological polar surface area (TPSA) is 86.0 Å². The quantitative estimate of drug-likeness (QED) is 0.861. The number of aromatic hydroxyl groups is 1. The number of likely N-dealkylation sites (N-methyl/N-ethyl adjacent to an activating group) is 1. The molecule has 3 rings (SSSR count). The minimum absolute atomic E-state index is 0.271. The van der Waals surface area contributed by atoms with Crippen molar-refractivity contribution in [1.29, 1.82) is 0 Å². The van der Waals surface area contributed by atoms with Crippen molar-refractivity contribution in [3.8, 4) is 5.75 Å². The van der Waals surface area contributed by atoms with Crippen molar-refractivity contribution in [1.82, 2.24) is 14.4 Å². The van der Waals surface area contributed by atoms with Crippen LogP contribution in [0.25, 0.3) is 10.9 Å². The first-order valence-corrected chi connectivity index (χ1v) is 8.01. The Labute approximate surface area is 143 Å². The minimum Gasteiger partial charge on any atom is -0.505 e. The van der Waals surface area contributed by atoms with Crippen molar-refractivity contribution in [2.24, 2.45) is 0 Å². The number of phenolic OH excluding ortho intramolecular Hbond substituents is 1. The van der Waals surface area contributed by atoms with Gasteiger partial charge in [-0.25, -0.2) is 9.18 Å². The molecule has 2 aromatic rings. The maximum atomic E-state index is 13.9. The normalized spacial score (nSPS) is 15.7. The molecule has 25 heavy (non-hydrogen) atoms. The minimum atomic E-state index is -1.06. The molecule has 0 bridgehead atoms. The van der Waals surface area contributed by atoms with E-state index < -0.39 is 17.5 Å². The lowest BCUT2D eigenvalue weighted by Gasteiger charge is -2.32. The Hall–Kier alpha value is -2.61. The van der Waals surface area contributed by atoms with Gasteiger partial charge in [0.15, 0.2) is 11.6 Å². The van der Waals surface area contributed by atoms with Gasteiger partial charge in [0.1, 0.15) is 0 Å². The van der Waals surface area contributed by atoms with E-state index in [1.165, 1.54) is 10.6 Å². The van der Waals surface area contributed by atoms with Crippen LogP contribution < -0.4 is 0 Å². The molecule has 0 saturated carbocycles. The van der Waals surface area contributed by atoms with Crippen molar-refractivity contribution < 1.29 is 24.2 Å². The average molecular weight is 349 g/mol. The standard InChI is InChI=1S/C17H20FN3O4/c1-10-11(8-16(23)24)12-7-15(22)13(18)9-14(12)21(10)17(25)20-5-3-19(2)4-6-20/h7,9,22H,3-6,8H2,1-2H3,(H,23,24). The lowest BCUT2D eigenvalue weighted by molar-refractivity contribution is -0.136. The molecule has 0 atom stereocenters. The third kappa shape index (κ3) is 3.05. The number of piperazine rings is 1. The number of carbonyl (C=O) groups excluding carboxylic acids is 1. The van der Waals surface area contributed by atoms with Crippen LogP contribution in [0.1, 0.15) is 11.3 Å². The van der Waals surface area contributed by atoms with E-state index in [4.69, 9.17) is 5.11 Å². The highest BCUT2D eigenvalue weighted by molar-refractivity contribution is 5.97. The molecule has 1 fully saturated rings. The molecule has 2 heterocycles. The third-order valence-corrected chi connectivity index (χ3v) is 4.70. The number of carboxylic acids is 1. The van der Waals surface area contributed by atoms with Crippen molar-refractivity contribution in [2.45, 2.75) is 13.3 Å². The van der Waals surface area contributed by atoms with Crippen LogP contribution in [-0.2, 0) is 11.2 Å². The number of nitrogens with zero attached hydrogens (tertiary/aromatic N) is 3. The molecular formula is C17H20FN3O4. The Balaban J connectivity index is 2.13. The molecule has 0 unspecified atom stereocenters. The molecule has 0 aliphatic carbocycles. The summed E-state index contributed by atoms with van der Waals surface area (Å²) in [6, 6.07) is 1.96. The van der Waals surface area contributed by atoms with Crippen LogP contribution in [0.3, 0.4) is 0 Å². The average Bonchev–Trinajstić information content (AvgIpc) is 2.80. The molecule has 1 aromatic heterocycles. The number of carboxylic acid groups (broad SMARTS) is 1. The van der Waals surface area contributed by atoms with Gasteiger partial charge in [-0.1, -0.05) is 0 Å². The number of rotatable bonds is 2. The van der Waals surface area contributed by atoms with Crippen LogP contribution >= 0.6 is 0 Å². The summed E-state index contributed by atoms with van der Waals surface area (Å²) in [5.74, 6) is -2.47. The summed E-state index contributed by atoms with van der Waals surface area (Å²) in [4.78, 5) is 27.9. The Kier molecular flexibility index (Phi) is 4.38. The number of aliphatic carboxylic acids is 1. The molecule has 2 N–H and O–H groups in total. The lowest BCUT2D eigenvalue weighted by Crippen LogP contribution is -2.48. The maximum Gasteiger partial charge on any atom is 0.328 e. The van der Waals surface area contributed by atoms with E-state index in [0.717, 1.165) is 19.2 Å². The molecule has 1 aliphatic heterocycles. The number of hydrogen-bond donors (Lipinski definition) is 2. The fourth-order valence-electron chi connectivity index (χ4n) is 3.25. The van der Waals surface area contributed by atoms with Crippen LogP contribution in [0.15, 0.2) is 12.1 Å². The van der Waals surface area contributed by atoms with Crippen LogP contribution in [0, 0.1) is 12.7 Å². The van der Waals surface area contributed by atoms with Crippen molar-refractivity contribution in [2.75, 3.05) is 33.2 Å². The SMILES string of the molecule is Cc1c(CC(=O)O)c2cc(O)c(F)cc2n1C(=O)N1CCN(C)CC1. The first kappa shape index (κ1) is 17.2. The number of benzene rings is 1. The van der Waals surface area contributed by atoms with Crippen molar-refractivity contribution in [3.05, 3.63) is 29.2 Å². The molecule has 7 nitrogen and oxygen atoms in total. The van der Waals surface area contributed by atoms with Gasteiger partial charge in [-0.3, -0.25) is 9.36 Å². The van der Waals surface area contributed by atoms with Gasteiger partial charge in [0.05, 0.1) is 11.9 Å². The summed E-state index contributed by atoms with van der Waals surface area (Å²) in [7, 11) is 1.97. The van der Waals surface area contributed by atoms with Crippen molar-refractivity contribution >= 4 is 22.9 Å². The molecule has 8 heteroatoms. The maximum absolute atomic E-state index is 13.9. The second-order valence-electron chi connectivity index (χ2n) is 6.36. The number of carbonyl (C=O) groups is 2. The molecule has 0 spiro atoms. The number of fused-ring (bicyclic) bond motifs is 1. The molecule has 0 radical (unpaired) electrons. The smallest absolute Gasteiger partial charge is 0.328 e. The van der Waals surface area contributed by atoms with Crippen LogP contribution in [0.2, 0.25) is 0 Å². The number of hydrogen-bond acceptors (Lipinski definition) is 4. The van der Waals surface area contributed by atoms with Gasteiger partial charge in [0.2, 0.25) is 0 Å². The Morgan fingerprint density at radius 1 is 1.20 bits per heavy atom. The number of amides is 1. The number of phenols is 1. The largest absolute Gasteiger partial charge is 0.505 e. The lowest BCUT2D eigenvalue weighted by atomic mass is 10.1. The summed E-state index contributed by atoms with van der Waals surface area (Å²) < 4.78 is 15.2. The van der Waals surface area contributed by atoms with Crippen LogP contribution in [0.4, 0.5) is 9.18 Å². The molecule has 134 valence electrons. The van der Waals surface area contributed by atoms with Crippen LogP contribution in [0.5, 0.6) is 5.75 Å². The van der Waals surface area contributed by atoms with E-state index in [9.17, 15) is 19.1 Å². The van der Waals surface area contributed by atoms with E-state index in [-0.39, 0.29) is 18.0 Å². The second-order valence-corrected chi connectivity index (χ2v) is 6.36. The van der Waals surface area contributed by atoms with Gasteiger partial charge in [-0.15, -0.1) is 0 Å². The fourth-order valence-corrected chi connectivity index (χ4v) is 3.25. The zero-order valence-corrected chi connectivity index (χ0v) is 14.1. The highest BCUT2D eigenvalue weighted by atomic mass is 19.1. The van der Waals surface area contributed by atoms with E-state index in [1.807, 2.05) is 7.05 Å². The van der Waals surface area contributed by atoms with Gasteiger partial charge in [0.25, 0.3) is 0 Å². The Morgan fingerprint density at radius 3 is 2.44 bits per heavy atom. The first-order chi connectivity index (χ1) is 11.8. The summed E-state index contributed by atoms with van der Waals surface area (Å²) in [5.41, 5.74) is 1.12. The van der Waals surface area contributed by atoms with Crippen LogP contribution in [-0.4, -0.2) is 69.8 Å². The molecule has 1 saturated heterocycles. The van der Waals surface area contributed by atoms with Crippen molar-refractivity contribution in [3.63, 3.8) is 0 Å². The van der Waals surface area contributed by atoms with E-state index in [2.05, 4.69) is 4.90 Å². The summed E-state index contributed by atoms with van der Waals surface area (Å²) in [6.45, 7) is 4.20. The fraction of sp³-hybridized carbons (Fsp3) is 0.412. The Morgan fingerprint density at radius 2 is 1.84 bits per heavy atom. The first-order valence-electron chi connectivity index (χ1n) is 8.01. The molecule has 1 aromatic carbocycles. The zero-order chi connectivity index (χ0) is 18.3. The summed E-state index contributed by atoms with van der Waals surface area (Å²) >= 11 is 0. The highest BCUT2D eigenvalue weighted by Crippen LogP contribution is 2.32. The highest BCUT2D eigenvalue weighted by Gasteiger charge is 2.26. The summed E-state index contributed by atoms with van der Waals surface area (Å²) in [6.07, 6.45) is -0.309. The number of aromatic nitrogens is 1. The predicted octanol–water partition coefficient (Wildman–Crippen LogP) is 1.64. The Bertz CT molecular complexity index is 853. The monoisotopic (exact) mass is 349 g/mol. The molecule has 1 aliphatic rings. The predicted molar refractivity (Wildman–Crippen MR) is 89.5 cm³/mol. The summed E-state index contributed by atoms with van der Waals surface area (Å²) in [5, 5.41) is 19.2. The molecule has 1 amide bonds. The van der Waals surface area contributed by atoms with E-state index in [0.29, 0.717) is 29.7 Å². The van der Waals surface area contributed by atoms with Gasteiger partial charge in [0, 0.05) is 43.3 Å². The van der Waals surface area contributed by atoms with Gasteiger partial charge >= 0.3 is 12.0 Å². The van der Waals surface area contributed by atoms with E-state index >= 15 is 0 Å².